The van der Waals surface area contributed by atoms with Crippen LogP contribution in [0.4, 0.5) is 5.69 Å². The normalized spacial score (nSPS) is 18.5. The van der Waals surface area contributed by atoms with Crippen LogP contribution in [0.5, 0.6) is 0 Å². The lowest BCUT2D eigenvalue weighted by Gasteiger charge is -2.27. The molecule has 0 aliphatic carbocycles. The van der Waals surface area contributed by atoms with Gasteiger partial charge in [-0.2, -0.15) is 0 Å². The molecular formula is C17H19ClN2. The van der Waals surface area contributed by atoms with Crippen LogP contribution in [-0.2, 0) is 13.1 Å². The molecule has 1 aliphatic heterocycles. The van der Waals surface area contributed by atoms with Gasteiger partial charge in [-0.1, -0.05) is 48.0 Å². The molecule has 1 atom stereocenters. The summed E-state index contributed by atoms with van der Waals surface area (Å²) < 4.78 is 0. The van der Waals surface area contributed by atoms with Crippen molar-refractivity contribution in [1.82, 2.24) is 5.32 Å². The van der Waals surface area contributed by atoms with Crippen LogP contribution in [0.25, 0.3) is 0 Å². The van der Waals surface area contributed by atoms with E-state index in [-0.39, 0.29) is 0 Å². The Morgan fingerprint density at radius 2 is 1.90 bits per heavy atom. The van der Waals surface area contributed by atoms with Gasteiger partial charge in [-0.15, -0.1) is 0 Å². The van der Waals surface area contributed by atoms with Crippen LogP contribution >= 0.6 is 11.6 Å². The Labute approximate surface area is 125 Å². The van der Waals surface area contributed by atoms with E-state index in [1.165, 1.54) is 16.8 Å². The molecule has 1 aliphatic rings. The smallest absolute Gasteiger partial charge is 0.0455 e. The van der Waals surface area contributed by atoms with E-state index in [1.54, 1.807) is 0 Å². The van der Waals surface area contributed by atoms with Crippen LogP contribution in [0.1, 0.15) is 18.1 Å². The molecule has 1 heterocycles. The van der Waals surface area contributed by atoms with Crippen LogP contribution in [0, 0.1) is 0 Å². The largest absolute Gasteiger partial charge is 0.365 e. The predicted molar refractivity (Wildman–Crippen MR) is 85.2 cm³/mol. The summed E-state index contributed by atoms with van der Waals surface area (Å²) in [6, 6.07) is 17.2. The lowest BCUT2D eigenvalue weighted by Crippen LogP contribution is -2.35. The summed E-state index contributed by atoms with van der Waals surface area (Å²) in [5, 5.41) is 4.40. The molecule has 3 heteroatoms. The third-order valence-corrected chi connectivity index (χ3v) is 4.16. The van der Waals surface area contributed by atoms with E-state index in [1.807, 2.05) is 18.2 Å². The summed E-state index contributed by atoms with van der Waals surface area (Å²) in [6.45, 7) is 4.99. The maximum atomic E-state index is 6.31. The minimum Gasteiger partial charge on any atom is -0.365 e. The maximum Gasteiger partial charge on any atom is 0.0455 e. The number of anilines is 1. The zero-order chi connectivity index (χ0) is 13.9. The highest BCUT2D eigenvalue weighted by molar-refractivity contribution is 6.31. The first-order valence-electron chi connectivity index (χ1n) is 7.03. The number of hydrogen-bond acceptors (Lipinski definition) is 2. The number of benzene rings is 2. The number of nitrogens with zero attached hydrogens (tertiary/aromatic N) is 1. The van der Waals surface area contributed by atoms with Crippen LogP contribution in [0.3, 0.4) is 0 Å². The number of nitrogens with one attached hydrogen (secondary N) is 1. The van der Waals surface area contributed by atoms with E-state index in [9.17, 15) is 0 Å². The van der Waals surface area contributed by atoms with E-state index < -0.39 is 0 Å². The number of hydrogen-bond donors (Lipinski definition) is 1. The second-order valence-corrected chi connectivity index (χ2v) is 5.79. The van der Waals surface area contributed by atoms with Crippen molar-refractivity contribution in [1.29, 1.82) is 0 Å². The molecule has 0 fully saturated rings. The third kappa shape index (κ3) is 2.82. The SMILES string of the molecule is CC1CN(Cc2ccccc2Cl)c2ccccc2CN1. The molecule has 0 saturated heterocycles. The van der Waals surface area contributed by atoms with Gasteiger partial charge >= 0.3 is 0 Å². The Morgan fingerprint density at radius 3 is 2.75 bits per heavy atom. The van der Waals surface area contributed by atoms with Gasteiger partial charge in [-0.25, -0.2) is 0 Å². The summed E-state index contributed by atoms with van der Waals surface area (Å²) >= 11 is 6.31. The number of fused-ring (bicyclic) bond motifs is 1. The third-order valence-electron chi connectivity index (χ3n) is 3.79. The second kappa shape index (κ2) is 5.86. The van der Waals surface area contributed by atoms with Gasteiger partial charge in [0.1, 0.15) is 0 Å². The Hall–Kier alpha value is -1.51. The summed E-state index contributed by atoms with van der Waals surface area (Å²) in [4.78, 5) is 2.42. The first kappa shape index (κ1) is 13.5. The predicted octanol–water partition coefficient (Wildman–Crippen LogP) is 3.84. The maximum absolute atomic E-state index is 6.31. The van der Waals surface area contributed by atoms with Crippen molar-refractivity contribution < 1.29 is 0 Å². The van der Waals surface area contributed by atoms with Gasteiger partial charge in [0.25, 0.3) is 0 Å². The van der Waals surface area contributed by atoms with Crippen molar-refractivity contribution in [2.75, 3.05) is 11.4 Å². The molecule has 1 N–H and O–H groups in total. The second-order valence-electron chi connectivity index (χ2n) is 5.38. The fourth-order valence-corrected chi connectivity index (χ4v) is 2.92. The summed E-state index contributed by atoms with van der Waals surface area (Å²) in [5.41, 5.74) is 3.84. The summed E-state index contributed by atoms with van der Waals surface area (Å²) in [7, 11) is 0. The molecule has 0 amide bonds. The number of para-hydroxylation sites is 1. The lowest BCUT2D eigenvalue weighted by molar-refractivity contribution is 0.552. The van der Waals surface area contributed by atoms with Gasteiger partial charge < -0.3 is 10.2 Å². The minimum absolute atomic E-state index is 0.463. The molecule has 3 rings (SSSR count). The molecule has 2 nitrogen and oxygen atoms in total. The Bertz CT molecular complexity index is 597. The monoisotopic (exact) mass is 286 g/mol. The average molecular weight is 287 g/mol. The molecule has 2 aromatic rings. The Balaban J connectivity index is 1.93. The quantitative estimate of drug-likeness (QED) is 0.902. The molecule has 0 saturated carbocycles. The highest BCUT2D eigenvalue weighted by Gasteiger charge is 2.19. The fraction of sp³-hybridized carbons (Fsp3) is 0.294. The molecule has 2 aromatic carbocycles. The fourth-order valence-electron chi connectivity index (χ4n) is 2.73. The zero-order valence-corrected chi connectivity index (χ0v) is 12.4. The van der Waals surface area contributed by atoms with Crippen molar-refractivity contribution in [3.63, 3.8) is 0 Å². The lowest BCUT2D eigenvalue weighted by atomic mass is 10.1. The van der Waals surface area contributed by atoms with Gasteiger partial charge in [0.05, 0.1) is 0 Å². The number of halogens is 1. The van der Waals surface area contributed by atoms with E-state index in [0.29, 0.717) is 6.04 Å². The molecule has 20 heavy (non-hydrogen) atoms. The van der Waals surface area contributed by atoms with Crippen molar-refractivity contribution in [2.24, 2.45) is 0 Å². The van der Waals surface area contributed by atoms with Gasteiger partial charge in [0.2, 0.25) is 0 Å². The van der Waals surface area contributed by atoms with E-state index in [4.69, 9.17) is 11.6 Å². The van der Waals surface area contributed by atoms with Gasteiger partial charge in [0.15, 0.2) is 0 Å². The van der Waals surface area contributed by atoms with Crippen molar-refractivity contribution in [3.8, 4) is 0 Å². The van der Waals surface area contributed by atoms with Gasteiger partial charge in [-0.3, -0.25) is 0 Å². The van der Waals surface area contributed by atoms with Crippen LogP contribution in [-0.4, -0.2) is 12.6 Å². The molecule has 0 bridgehead atoms. The molecule has 0 radical (unpaired) electrons. The first-order chi connectivity index (χ1) is 9.74. The van der Waals surface area contributed by atoms with E-state index in [0.717, 1.165) is 24.7 Å². The topological polar surface area (TPSA) is 15.3 Å². The van der Waals surface area contributed by atoms with E-state index in [2.05, 4.69) is 47.5 Å². The summed E-state index contributed by atoms with van der Waals surface area (Å²) in [6.07, 6.45) is 0. The molecule has 0 spiro atoms. The van der Waals surface area contributed by atoms with Crippen LogP contribution in [0.15, 0.2) is 48.5 Å². The minimum atomic E-state index is 0.463. The molecule has 104 valence electrons. The molecule has 1 unspecified atom stereocenters. The average Bonchev–Trinajstić information content (AvgIpc) is 2.62. The molecule has 0 aromatic heterocycles. The number of rotatable bonds is 2. The van der Waals surface area contributed by atoms with E-state index >= 15 is 0 Å². The highest BCUT2D eigenvalue weighted by Crippen LogP contribution is 2.26. The standard InChI is InChI=1S/C17H19ClN2/c1-13-11-20(12-15-7-2-4-8-16(15)18)17-9-5-3-6-14(17)10-19-13/h2-9,13,19H,10-12H2,1H3. The van der Waals surface area contributed by atoms with Crippen molar-refractivity contribution in [3.05, 3.63) is 64.7 Å². The molecular weight excluding hydrogens is 268 g/mol. The zero-order valence-electron chi connectivity index (χ0n) is 11.6. The van der Waals surface area contributed by atoms with Crippen LogP contribution in [0.2, 0.25) is 5.02 Å². The summed E-state index contributed by atoms with van der Waals surface area (Å²) in [5.74, 6) is 0. The van der Waals surface area contributed by atoms with Crippen molar-refractivity contribution in [2.45, 2.75) is 26.1 Å². The van der Waals surface area contributed by atoms with Gasteiger partial charge in [0, 0.05) is 36.4 Å². The first-order valence-corrected chi connectivity index (χ1v) is 7.41. The Morgan fingerprint density at radius 1 is 1.15 bits per heavy atom. The highest BCUT2D eigenvalue weighted by atomic mass is 35.5. The Kier molecular flexibility index (Phi) is 3.95. The van der Waals surface area contributed by atoms with Gasteiger partial charge in [-0.05, 0) is 30.2 Å². The van der Waals surface area contributed by atoms with Crippen LogP contribution < -0.4 is 10.2 Å². The van der Waals surface area contributed by atoms with Crippen molar-refractivity contribution >= 4 is 17.3 Å².